The third-order valence-electron chi connectivity index (χ3n) is 5.72. The summed E-state index contributed by atoms with van der Waals surface area (Å²) in [6, 6.07) is 6.04. The van der Waals surface area contributed by atoms with Gasteiger partial charge in [-0.15, -0.1) is 12.4 Å². The van der Waals surface area contributed by atoms with Crippen LogP contribution in [0.1, 0.15) is 11.3 Å². The number of halogens is 2. The number of benzene rings is 1. The molecule has 8 nitrogen and oxygen atoms in total. The lowest BCUT2D eigenvalue weighted by Gasteiger charge is -2.32. The summed E-state index contributed by atoms with van der Waals surface area (Å²) in [7, 11) is 2.10. The Bertz CT molecular complexity index is 1370. The van der Waals surface area contributed by atoms with E-state index in [0.717, 1.165) is 53.3 Å². The normalized spacial score (nSPS) is 14.3. The number of anilines is 1. The van der Waals surface area contributed by atoms with Crippen LogP contribution in [0.25, 0.3) is 32.7 Å². The van der Waals surface area contributed by atoms with Crippen molar-refractivity contribution in [3.8, 4) is 33.5 Å². The second kappa shape index (κ2) is 8.94. The molecule has 1 aliphatic rings. The van der Waals surface area contributed by atoms with E-state index < -0.39 is 5.82 Å². The number of aryl methyl sites for hydroxylation is 1. The van der Waals surface area contributed by atoms with E-state index in [1.54, 1.807) is 6.20 Å². The molecule has 2 N–H and O–H groups in total. The third kappa shape index (κ3) is 3.99. The molecule has 0 bridgehead atoms. The molecule has 1 saturated heterocycles. The van der Waals surface area contributed by atoms with Crippen molar-refractivity contribution in [1.29, 1.82) is 5.26 Å². The molecule has 4 heterocycles. The molecule has 3 aromatic heterocycles. The molecule has 11 heteroatoms. The van der Waals surface area contributed by atoms with E-state index in [2.05, 4.69) is 43.1 Å². The Balaban J connectivity index is 0.00000259. The van der Waals surface area contributed by atoms with Crippen LogP contribution in [0.15, 0.2) is 24.4 Å². The zero-order chi connectivity index (χ0) is 22.4. The van der Waals surface area contributed by atoms with E-state index in [0.29, 0.717) is 11.2 Å². The van der Waals surface area contributed by atoms with Gasteiger partial charge in [0.25, 0.3) is 0 Å². The first-order valence-corrected chi connectivity index (χ1v) is 10.9. The first-order chi connectivity index (χ1) is 15.5. The maximum atomic E-state index is 14.7. The van der Waals surface area contributed by atoms with Gasteiger partial charge in [-0.1, -0.05) is 11.3 Å². The summed E-state index contributed by atoms with van der Waals surface area (Å²) in [5.41, 5.74) is 2.38. The van der Waals surface area contributed by atoms with Crippen molar-refractivity contribution in [2.75, 3.05) is 38.1 Å². The minimum absolute atomic E-state index is 0. The standard InChI is InChI=1S/C22H20FN7OS.ClH/c1-12-18-19(17-11-25-22(32-17)30-7-5-29(2)6-8-30)15(10-24)20(26-21(18)28-27-12)14-4-3-13(31)9-16(14)23;/h3-4,9,11,31H,5-8H2,1-2H3,(H,26,27,28);1H. The van der Waals surface area contributed by atoms with Crippen LogP contribution >= 0.6 is 23.7 Å². The van der Waals surface area contributed by atoms with Gasteiger partial charge in [-0.25, -0.2) is 14.4 Å². The Morgan fingerprint density at radius 2 is 2.00 bits per heavy atom. The molecule has 1 aromatic carbocycles. The van der Waals surface area contributed by atoms with Crippen molar-refractivity contribution in [3.05, 3.63) is 41.5 Å². The van der Waals surface area contributed by atoms with E-state index >= 15 is 0 Å². The topological polar surface area (TPSA) is 105 Å². The Labute approximate surface area is 199 Å². The number of pyridine rings is 1. The number of nitrogens with zero attached hydrogens (tertiary/aromatic N) is 6. The lowest BCUT2D eigenvalue weighted by atomic mass is 9.97. The lowest BCUT2D eigenvalue weighted by Crippen LogP contribution is -2.44. The number of phenols is 1. The Morgan fingerprint density at radius 3 is 2.70 bits per heavy atom. The summed E-state index contributed by atoms with van der Waals surface area (Å²) < 4.78 is 14.7. The summed E-state index contributed by atoms with van der Waals surface area (Å²) >= 11 is 1.50. The first kappa shape index (κ1) is 22.9. The number of nitrogens with one attached hydrogen (secondary N) is 1. The number of hydrogen-bond acceptors (Lipinski definition) is 8. The van der Waals surface area contributed by atoms with Gasteiger partial charge in [0.05, 0.1) is 21.5 Å². The predicted molar refractivity (Wildman–Crippen MR) is 128 cm³/mol. The Morgan fingerprint density at radius 1 is 1.24 bits per heavy atom. The predicted octanol–water partition coefficient (Wildman–Crippen LogP) is 3.95. The highest BCUT2D eigenvalue weighted by molar-refractivity contribution is 7.19. The number of thiazole rings is 1. The molecule has 33 heavy (non-hydrogen) atoms. The number of nitriles is 1. The molecule has 1 aliphatic heterocycles. The van der Waals surface area contributed by atoms with Crippen LogP contribution in [0.2, 0.25) is 0 Å². The van der Waals surface area contributed by atoms with E-state index in [4.69, 9.17) is 0 Å². The molecule has 0 unspecified atom stereocenters. The van der Waals surface area contributed by atoms with E-state index in [1.165, 1.54) is 23.5 Å². The van der Waals surface area contributed by atoms with E-state index in [-0.39, 0.29) is 35.0 Å². The third-order valence-corrected chi connectivity index (χ3v) is 6.79. The maximum Gasteiger partial charge on any atom is 0.185 e. The van der Waals surface area contributed by atoms with Gasteiger partial charge < -0.3 is 14.9 Å². The fraction of sp³-hybridized carbons (Fsp3) is 0.273. The van der Waals surface area contributed by atoms with Gasteiger partial charge in [0.15, 0.2) is 10.8 Å². The van der Waals surface area contributed by atoms with Gasteiger partial charge in [0.2, 0.25) is 0 Å². The van der Waals surface area contributed by atoms with Crippen LogP contribution in [0, 0.1) is 24.1 Å². The van der Waals surface area contributed by atoms with Crippen molar-refractivity contribution >= 4 is 39.9 Å². The number of hydrogen-bond donors (Lipinski definition) is 2. The Hall–Kier alpha value is -3.26. The minimum Gasteiger partial charge on any atom is -0.508 e. The summed E-state index contributed by atoms with van der Waals surface area (Å²) in [5.74, 6) is -0.852. The minimum atomic E-state index is -0.658. The highest BCUT2D eigenvalue weighted by Gasteiger charge is 2.25. The first-order valence-electron chi connectivity index (χ1n) is 10.1. The van der Waals surface area contributed by atoms with Gasteiger partial charge in [0.1, 0.15) is 17.6 Å². The second-order valence-corrected chi connectivity index (χ2v) is 8.84. The number of aromatic amines is 1. The number of phenolic OH excluding ortho intramolecular Hbond substituents is 1. The molecule has 0 amide bonds. The highest BCUT2D eigenvalue weighted by Crippen LogP contribution is 2.42. The summed E-state index contributed by atoms with van der Waals surface area (Å²) in [5, 5.41) is 28.5. The zero-order valence-electron chi connectivity index (χ0n) is 18.0. The molecule has 4 aromatic rings. The largest absolute Gasteiger partial charge is 0.508 e. The highest BCUT2D eigenvalue weighted by atomic mass is 35.5. The van der Waals surface area contributed by atoms with Gasteiger partial charge in [-0.05, 0) is 26.1 Å². The molecular formula is C22H21ClFN7OS. The summed E-state index contributed by atoms with van der Waals surface area (Å²) in [4.78, 5) is 14.4. The number of piperazine rings is 1. The number of rotatable bonds is 3. The summed E-state index contributed by atoms with van der Waals surface area (Å²) in [6.45, 7) is 5.56. The van der Waals surface area contributed by atoms with Crippen LogP contribution in [0.3, 0.4) is 0 Å². The zero-order valence-corrected chi connectivity index (χ0v) is 19.6. The van der Waals surface area contributed by atoms with Crippen molar-refractivity contribution in [1.82, 2.24) is 25.1 Å². The van der Waals surface area contributed by atoms with Gasteiger partial charge in [-0.3, -0.25) is 5.10 Å². The molecular weight excluding hydrogens is 465 g/mol. The number of aromatic nitrogens is 4. The van der Waals surface area contributed by atoms with Crippen molar-refractivity contribution in [3.63, 3.8) is 0 Å². The van der Waals surface area contributed by atoms with Crippen molar-refractivity contribution < 1.29 is 9.50 Å². The van der Waals surface area contributed by atoms with Crippen LogP contribution < -0.4 is 4.90 Å². The monoisotopic (exact) mass is 485 g/mol. The molecule has 5 rings (SSSR count). The lowest BCUT2D eigenvalue weighted by molar-refractivity contribution is 0.313. The molecule has 0 radical (unpaired) electrons. The number of H-pyrrole nitrogens is 1. The van der Waals surface area contributed by atoms with Crippen LogP contribution in [-0.4, -0.2) is 63.4 Å². The van der Waals surface area contributed by atoms with E-state index in [9.17, 15) is 14.8 Å². The maximum absolute atomic E-state index is 14.7. The molecule has 0 aliphatic carbocycles. The molecule has 0 spiro atoms. The smallest absolute Gasteiger partial charge is 0.185 e. The van der Waals surface area contributed by atoms with Crippen LogP contribution in [0.5, 0.6) is 5.75 Å². The fourth-order valence-corrected chi connectivity index (χ4v) is 5.00. The van der Waals surface area contributed by atoms with Crippen molar-refractivity contribution in [2.24, 2.45) is 0 Å². The van der Waals surface area contributed by atoms with Crippen LogP contribution in [0.4, 0.5) is 9.52 Å². The molecule has 1 fully saturated rings. The SMILES string of the molecule is Cc1[nH]nc2nc(-c3ccc(O)cc3F)c(C#N)c(-c3cnc(N4CCN(C)CC4)s3)c12.Cl. The van der Waals surface area contributed by atoms with Gasteiger partial charge >= 0.3 is 0 Å². The fourth-order valence-electron chi connectivity index (χ4n) is 3.97. The van der Waals surface area contributed by atoms with E-state index in [1.807, 2.05) is 6.92 Å². The van der Waals surface area contributed by atoms with Crippen molar-refractivity contribution in [2.45, 2.75) is 6.92 Å². The molecule has 0 atom stereocenters. The number of likely N-dealkylation sites (N-methyl/N-ethyl adjacent to an activating group) is 1. The van der Waals surface area contributed by atoms with Gasteiger partial charge in [-0.2, -0.15) is 10.4 Å². The number of fused-ring (bicyclic) bond motifs is 1. The molecule has 170 valence electrons. The Kier molecular flexibility index (Phi) is 6.21. The molecule has 0 saturated carbocycles. The number of aromatic hydroxyl groups is 1. The second-order valence-electron chi connectivity index (χ2n) is 7.83. The average molecular weight is 486 g/mol. The summed E-state index contributed by atoms with van der Waals surface area (Å²) in [6.07, 6.45) is 1.76. The quantitative estimate of drug-likeness (QED) is 0.452. The van der Waals surface area contributed by atoms with Gasteiger partial charge in [0, 0.05) is 55.3 Å². The van der Waals surface area contributed by atoms with Crippen LogP contribution in [-0.2, 0) is 0 Å². The average Bonchev–Trinajstić information content (AvgIpc) is 3.40.